The second kappa shape index (κ2) is 4.67. The maximum Gasteiger partial charge on any atom is 0.217 e. The molecule has 0 radical (unpaired) electrons. The number of rotatable bonds is 1. The highest BCUT2D eigenvalue weighted by Gasteiger charge is 2.26. The van der Waals surface area contributed by atoms with Gasteiger partial charge < -0.3 is 10.6 Å². The molecule has 72 valence electrons. The Bertz CT molecular complexity index is 155. The number of piperidine rings is 1. The molecule has 0 aliphatic carbocycles. The summed E-state index contributed by atoms with van der Waals surface area (Å²) in [5.41, 5.74) is 0.0388. The van der Waals surface area contributed by atoms with Crippen LogP contribution < -0.4 is 10.6 Å². The average Bonchev–Trinajstić information content (AvgIpc) is 1.85. The summed E-state index contributed by atoms with van der Waals surface area (Å²) in [7, 11) is 0. The van der Waals surface area contributed by atoms with Gasteiger partial charge >= 0.3 is 0 Å². The van der Waals surface area contributed by atoms with Crippen molar-refractivity contribution in [3.05, 3.63) is 0 Å². The van der Waals surface area contributed by atoms with Crippen molar-refractivity contribution in [3.8, 4) is 0 Å². The number of hydrogen-bond donors (Lipinski definition) is 2. The minimum absolute atomic E-state index is 0. The van der Waals surface area contributed by atoms with Crippen molar-refractivity contribution in [2.24, 2.45) is 0 Å². The van der Waals surface area contributed by atoms with Gasteiger partial charge in [0.2, 0.25) is 5.91 Å². The molecule has 0 aromatic rings. The molecule has 1 aliphatic rings. The van der Waals surface area contributed by atoms with Crippen LogP contribution in [0.15, 0.2) is 0 Å². The molecule has 0 spiro atoms. The number of nitrogens with one attached hydrogen (secondary N) is 2. The standard InChI is InChI=1S/C8H16N2O.ClH/c1-7(11)10-8(2)3-5-9-6-4-8;/h9H,3-6H2,1-2H3,(H,10,11);1H. The van der Waals surface area contributed by atoms with Crippen molar-refractivity contribution in [1.29, 1.82) is 0 Å². The molecule has 3 nitrogen and oxygen atoms in total. The van der Waals surface area contributed by atoms with Crippen molar-refractivity contribution < 1.29 is 4.79 Å². The summed E-state index contributed by atoms with van der Waals surface area (Å²) in [6.07, 6.45) is 2.07. The Morgan fingerprint density at radius 1 is 1.42 bits per heavy atom. The van der Waals surface area contributed by atoms with Crippen LogP contribution in [0.3, 0.4) is 0 Å². The zero-order valence-corrected chi connectivity index (χ0v) is 8.46. The predicted octanol–water partition coefficient (Wildman–Crippen LogP) is 0.686. The van der Waals surface area contributed by atoms with E-state index in [-0.39, 0.29) is 23.9 Å². The monoisotopic (exact) mass is 192 g/mol. The molecular formula is C8H17ClN2O. The average molecular weight is 193 g/mol. The minimum atomic E-state index is 0. The maximum absolute atomic E-state index is 10.8. The van der Waals surface area contributed by atoms with Crippen LogP contribution in [0.5, 0.6) is 0 Å². The van der Waals surface area contributed by atoms with Gasteiger partial charge in [0.25, 0.3) is 0 Å². The van der Waals surface area contributed by atoms with Crippen LogP contribution in [0.4, 0.5) is 0 Å². The molecule has 1 heterocycles. The second-order valence-electron chi connectivity index (χ2n) is 3.49. The van der Waals surface area contributed by atoms with Gasteiger partial charge in [-0.05, 0) is 32.9 Å². The van der Waals surface area contributed by atoms with E-state index in [0.717, 1.165) is 25.9 Å². The summed E-state index contributed by atoms with van der Waals surface area (Å²) >= 11 is 0. The Balaban J connectivity index is 0.00000121. The third-order valence-electron chi connectivity index (χ3n) is 2.18. The van der Waals surface area contributed by atoms with Gasteiger partial charge in [0.15, 0.2) is 0 Å². The summed E-state index contributed by atoms with van der Waals surface area (Å²) in [5.74, 6) is 0.0781. The van der Waals surface area contributed by atoms with Gasteiger partial charge in [-0.15, -0.1) is 12.4 Å². The molecule has 1 saturated heterocycles. The molecule has 1 amide bonds. The highest BCUT2D eigenvalue weighted by Crippen LogP contribution is 2.16. The zero-order chi connectivity index (χ0) is 8.32. The molecule has 2 N–H and O–H groups in total. The molecule has 0 unspecified atom stereocenters. The van der Waals surface area contributed by atoms with Crippen molar-refractivity contribution in [1.82, 2.24) is 10.6 Å². The normalized spacial score (nSPS) is 20.8. The first-order valence-corrected chi connectivity index (χ1v) is 4.12. The first-order valence-electron chi connectivity index (χ1n) is 4.12. The fourth-order valence-corrected chi connectivity index (χ4v) is 1.53. The first-order chi connectivity index (χ1) is 5.12. The van der Waals surface area contributed by atoms with Crippen LogP contribution >= 0.6 is 12.4 Å². The van der Waals surface area contributed by atoms with E-state index in [9.17, 15) is 4.79 Å². The fraction of sp³-hybridized carbons (Fsp3) is 0.875. The van der Waals surface area contributed by atoms with Crippen LogP contribution in [0.25, 0.3) is 0 Å². The van der Waals surface area contributed by atoms with Crippen molar-refractivity contribution in [3.63, 3.8) is 0 Å². The van der Waals surface area contributed by atoms with Gasteiger partial charge in [-0.1, -0.05) is 0 Å². The molecule has 0 atom stereocenters. The van der Waals surface area contributed by atoms with Crippen LogP contribution in [-0.2, 0) is 4.79 Å². The molecule has 12 heavy (non-hydrogen) atoms. The Morgan fingerprint density at radius 3 is 2.33 bits per heavy atom. The molecule has 0 aromatic heterocycles. The van der Waals surface area contributed by atoms with E-state index in [2.05, 4.69) is 17.6 Å². The van der Waals surface area contributed by atoms with Crippen molar-refractivity contribution in [2.75, 3.05) is 13.1 Å². The SMILES string of the molecule is CC(=O)NC1(C)CCNCC1.Cl. The molecule has 1 fully saturated rings. The summed E-state index contributed by atoms with van der Waals surface area (Å²) in [4.78, 5) is 10.8. The van der Waals surface area contributed by atoms with Gasteiger partial charge in [-0.3, -0.25) is 4.79 Å². The number of halogens is 1. The lowest BCUT2D eigenvalue weighted by atomic mass is 9.91. The van der Waals surface area contributed by atoms with E-state index in [4.69, 9.17) is 0 Å². The topological polar surface area (TPSA) is 41.1 Å². The Morgan fingerprint density at radius 2 is 1.92 bits per heavy atom. The Kier molecular flexibility index (Phi) is 4.57. The summed E-state index contributed by atoms with van der Waals surface area (Å²) in [5, 5.41) is 6.24. The maximum atomic E-state index is 10.8. The van der Waals surface area contributed by atoms with Crippen molar-refractivity contribution in [2.45, 2.75) is 32.2 Å². The summed E-state index contributed by atoms with van der Waals surface area (Å²) in [6, 6.07) is 0. The van der Waals surface area contributed by atoms with Gasteiger partial charge in [-0.2, -0.15) is 0 Å². The van der Waals surface area contributed by atoms with E-state index >= 15 is 0 Å². The lowest BCUT2D eigenvalue weighted by molar-refractivity contribution is -0.121. The third kappa shape index (κ3) is 3.41. The van der Waals surface area contributed by atoms with E-state index in [1.807, 2.05) is 0 Å². The van der Waals surface area contributed by atoms with Gasteiger partial charge in [0.1, 0.15) is 0 Å². The number of hydrogen-bond acceptors (Lipinski definition) is 2. The van der Waals surface area contributed by atoms with Crippen LogP contribution in [0, 0.1) is 0 Å². The smallest absolute Gasteiger partial charge is 0.217 e. The molecule has 0 aromatic carbocycles. The number of carbonyl (C=O) groups is 1. The Hall–Kier alpha value is -0.280. The third-order valence-corrected chi connectivity index (χ3v) is 2.18. The molecule has 1 rings (SSSR count). The fourth-order valence-electron chi connectivity index (χ4n) is 1.53. The largest absolute Gasteiger partial charge is 0.351 e. The molecule has 0 saturated carbocycles. The van der Waals surface area contributed by atoms with Gasteiger partial charge in [0.05, 0.1) is 0 Å². The first kappa shape index (κ1) is 11.7. The van der Waals surface area contributed by atoms with Gasteiger partial charge in [-0.25, -0.2) is 0 Å². The number of amides is 1. The van der Waals surface area contributed by atoms with E-state index in [1.54, 1.807) is 6.92 Å². The Labute approximate surface area is 79.7 Å². The van der Waals surface area contributed by atoms with E-state index < -0.39 is 0 Å². The van der Waals surface area contributed by atoms with E-state index in [0.29, 0.717) is 0 Å². The summed E-state index contributed by atoms with van der Waals surface area (Å²) in [6.45, 7) is 5.70. The zero-order valence-electron chi connectivity index (χ0n) is 7.64. The molecular weight excluding hydrogens is 176 g/mol. The van der Waals surface area contributed by atoms with Crippen LogP contribution in [-0.4, -0.2) is 24.5 Å². The van der Waals surface area contributed by atoms with Crippen molar-refractivity contribution >= 4 is 18.3 Å². The molecule has 4 heteroatoms. The van der Waals surface area contributed by atoms with E-state index in [1.165, 1.54) is 0 Å². The number of carbonyl (C=O) groups excluding carboxylic acids is 1. The highest BCUT2D eigenvalue weighted by atomic mass is 35.5. The molecule has 1 aliphatic heterocycles. The van der Waals surface area contributed by atoms with Crippen LogP contribution in [0.1, 0.15) is 26.7 Å². The summed E-state index contributed by atoms with van der Waals surface area (Å²) < 4.78 is 0. The van der Waals surface area contributed by atoms with Crippen LogP contribution in [0.2, 0.25) is 0 Å². The highest BCUT2D eigenvalue weighted by molar-refractivity contribution is 5.85. The lowest BCUT2D eigenvalue weighted by Crippen LogP contribution is -2.51. The molecule has 0 bridgehead atoms. The predicted molar refractivity (Wildman–Crippen MR) is 51.6 cm³/mol. The quantitative estimate of drug-likeness (QED) is 0.642. The van der Waals surface area contributed by atoms with Gasteiger partial charge in [0, 0.05) is 12.5 Å². The lowest BCUT2D eigenvalue weighted by Gasteiger charge is -2.34. The second-order valence-corrected chi connectivity index (χ2v) is 3.49. The minimum Gasteiger partial charge on any atom is -0.351 e.